The summed E-state index contributed by atoms with van der Waals surface area (Å²) >= 11 is 0. The molecule has 1 radical (unpaired) electrons. The molecule has 0 atom stereocenters. The Morgan fingerprint density at radius 3 is 2.78 bits per heavy atom. The summed E-state index contributed by atoms with van der Waals surface area (Å²) in [6, 6.07) is 3.22. The fourth-order valence-electron chi connectivity index (χ4n) is 0.518. The molecule has 3 nitrogen and oxygen atoms in total. The zero-order valence-electron chi connectivity index (χ0n) is 4.83. The summed E-state index contributed by atoms with van der Waals surface area (Å²) in [5.74, 6) is 0. The lowest BCUT2D eigenvalue weighted by Gasteiger charge is -1.92. The predicted octanol–water partition coefficient (Wildman–Crippen LogP) is 0.488. The maximum absolute atomic E-state index is 8.50. The largest absolute Gasteiger partial charge is 0.390 e. The van der Waals surface area contributed by atoms with Crippen LogP contribution in [0.15, 0.2) is 18.3 Å². The molecule has 0 aliphatic heterocycles. The monoisotopic (exact) mass is 123 g/mol. The van der Waals surface area contributed by atoms with E-state index in [1.165, 1.54) is 6.20 Å². The van der Waals surface area contributed by atoms with Crippen molar-refractivity contribution < 1.29 is 5.11 Å². The summed E-state index contributed by atoms with van der Waals surface area (Å²) < 4.78 is 0. The molecule has 1 rings (SSSR count). The molecule has 0 aliphatic rings. The molecule has 9 heavy (non-hydrogen) atoms. The molecule has 0 aromatic carbocycles. The average Bonchev–Trinajstić information content (AvgIpc) is 1.90. The van der Waals surface area contributed by atoms with Crippen molar-refractivity contribution in [2.45, 2.75) is 6.61 Å². The Labute approximate surface area is 53.2 Å². The summed E-state index contributed by atoms with van der Waals surface area (Å²) in [6.07, 6.45) is 1.41. The van der Waals surface area contributed by atoms with E-state index in [0.717, 1.165) is 0 Å². The van der Waals surface area contributed by atoms with Crippen LogP contribution in [0.1, 0.15) is 5.69 Å². The quantitative estimate of drug-likeness (QED) is 0.590. The van der Waals surface area contributed by atoms with Gasteiger partial charge in [-0.3, -0.25) is 10.7 Å². The molecular weight excluding hydrogens is 116 g/mol. The third kappa shape index (κ3) is 1.40. The van der Waals surface area contributed by atoms with Crippen molar-refractivity contribution in [1.82, 2.24) is 10.7 Å². The number of aliphatic hydroxyl groups is 1. The molecule has 0 unspecified atom stereocenters. The molecule has 0 bridgehead atoms. The normalized spacial score (nSPS) is 9.44. The minimum absolute atomic E-state index is 0.0553. The van der Waals surface area contributed by atoms with E-state index in [2.05, 4.69) is 4.98 Å². The number of hydrogen-bond donors (Lipinski definition) is 1. The lowest BCUT2D eigenvalue weighted by Crippen LogP contribution is -1.86. The molecule has 0 aliphatic carbocycles. The first-order valence-electron chi connectivity index (χ1n) is 2.60. The van der Waals surface area contributed by atoms with Crippen molar-refractivity contribution in [2.75, 3.05) is 0 Å². The third-order valence-corrected chi connectivity index (χ3v) is 0.987. The molecular formula is C6H7N2O. The van der Waals surface area contributed by atoms with Crippen LogP contribution in [0.4, 0.5) is 5.69 Å². The van der Waals surface area contributed by atoms with Gasteiger partial charge in [0.15, 0.2) is 0 Å². The van der Waals surface area contributed by atoms with E-state index >= 15 is 0 Å². The lowest BCUT2D eigenvalue weighted by atomic mass is 10.3. The van der Waals surface area contributed by atoms with Crippen molar-refractivity contribution in [1.29, 1.82) is 0 Å². The molecule has 0 spiro atoms. The number of aromatic nitrogens is 1. The van der Waals surface area contributed by atoms with Gasteiger partial charge in [-0.2, -0.15) is 0 Å². The van der Waals surface area contributed by atoms with Gasteiger partial charge >= 0.3 is 0 Å². The Balaban J connectivity index is 2.88. The molecule has 47 valence electrons. The summed E-state index contributed by atoms with van der Waals surface area (Å²) in [5.41, 5.74) is 7.99. The van der Waals surface area contributed by atoms with Gasteiger partial charge in [-0.1, -0.05) is 0 Å². The Bertz CT molecular complexity index is 183. The zero-order chi connectivity index (χ0) is 6.69. The number of nitrogens with one attached hydrogen (secondary N) is 1. The van der Waals surface area contributed by atoms with Crippen LogP contribution in [0.5, 0.6) is 0 Å². The molecule has 3 heteroatoms. The highest BCUT2D eigenvalue weighted by Crippen LogP contribution is 2.01. The van der Waals surface area contributed by atoms with Crippen LogP contribution in [0.2, 0.25) is 0 Å². The lowest BCUT2D eigenvalue weighted by molar-refractivity contribution is 0.277. The molecule has 0 saturated carbocycles. The highest BCUT2D eigenvalue weighted by Gasteiger charge is 1.88. The van der Waals surface area contributed by atoms with Crippen molar-refractivity contribution in [2.24, 2.45) is 0 Å². The smallest absolute Gasteiger partial charge is 0.0852 e. The minimum atomic E-state index is -0.0553. The fraction of sp³-hybridized carbons (Fsp3) is 0.167. The first-order chi connectivity index (χ1) is 4.33. The second kappa shape index (κ2) is 2.46. The van der Waals surface area contributed by atoms with Crippen molar-refractivity contribution in [3.05, 3.63) is 24.0 Å². The second-order valence-corrected chi connectivity index (χ2v) is 1.70. The van der Waals surface area contributed by atoms with Crippen LogP contribution in [-0.2, 0) is 6.61 Å². The van der Waals surface area contributed by atoms with Gasteiger partial charge in [0.2, 0.25) is 0 Å². The number of rotatable bonds is 1. The van der Waals surface area contributed by atoms with Gasteiger partial charge in [0, 0.05) is 0 Å². The van der Waals surface area contributed by atoms with Crippen molar-refractivity contribution in [3.8, 4) is 0 Å². The Hall–Kier alpha value is -1.09. The Morgan fingerprint density at radius 2 is 2.33 bits per heavy atom. The number of pyridine rings is 1. The summed E-state index contributed by atoms with van der Waals surface area (Å²) in [6.45, 7) is -0.0553. The van der Waals surface area contributed by atoms with Gasteiger partial charge in [-0.25, -0.2) is 0 Å². The van der Waals surface area contributed by atoms with Crippen LogP contribution in [0, 0.1) is 0 Å². The summed E-state index contributed by atoms with van der Waals surface area (Å²) in [7, 11) is 0. The first-order valence-corrected chi connectivity index (χ1v) is 2.60. The number of nitrogens with zero attached hydrogens (tertiary/aromatic N) is 1. The molecule has 0 saturated heterocycles. The second-order valence-electron chi connectivity index (χ2n) is 1.70. The van der Waals surface area contributed by atoms with Gasteiger partial charge in [-0.05, 0) is 12.1 Å². The van der Waals surface area contributed by atoms with E-state index in [4.69, 9.17) is 10.8 Å². The van der Waals surface area contributed by atoms with Gasteiger partial charge in [0.25, 0.3) is 0 Å². The topological polar surface area (TPSA) is 56.9 Å². The third-order valence-electron chi connectivity index (χ3n) is 0.987. The summed E-state index contributed by atoms with van der Waals surface area (Å²) in [5, 5.41) is 8.50. The highest BCUT2D eigenvalue weighted by atomic mass is 16.3. The van der Waals surface area contributed by atoms with E-state index in [1.807, 2.05) is 0 Å². The fourth-order valence-corrected chi connectivity index (χ4v) is 0.518. The average molecular weight is 123 g/mol. The molecule has 1 aromatic rings. The first kappa shape index (κ1) is 6.04. The Kier molecular flexibility index (Phi) is 1.65. The van der Waals surface area contributed by atoms with E-state index < -0.39 is 0 Å². The van der Waals surface area contributed by atoms with E-state index in [-0.39, 0.29) is 6.61 Å². The van der Waals surface area contributed by atoms with Crippen LogP contribution >= 0.6 is 0 Å². The maximum Gasteiger partial charge on any atom is 0.0852 e. The van der Waals surface area contributed by atoms with E-state index in [9.17, 15) is 0 Å². The molecule has 2 N–H and O–H groups in total. The highest BCUT2D eigenvalue weighted by molar-refractivity contribution is 5.29. The van der Waals surface area contributed by atoms with Crippen LogP contribution in [0.25, 0.3) is 0 Å². The predicted molar refractivity (Wildman–Crippen MR) is 32.9 cm³/mol. The van der Waals surface area contributed by atoms with Gasteiger partial charge in [0.05, 0.1) is 24.2 Å². The van der Waals surface area contributed by atoms with Gasteiger partial charge < -0.3 is 5.11 Å². The van der Waals surface area contributed by atoms with Crippen molar-refractivity contribution >= 4 is 5.69 Å². The summed E-state index contributed by atoms with van der Waals surface area (Å²) in [4.78, 5) is 3.76. The van der Waals surface area contributed by atoms with Crippen molar-refractivity contribution in [3.63, 3.8) is 0 Å². The molecule has 1 heterocycles. The number of hydrogen-bond acceptors (Lipinski definition) is 2. The van der Waals surface area contributed by atoms with Gasteiger partial charge in [-0.15, -0.1) is 0 Å². The standard InChI is InChI=1S/C6H7N2O/c7-5-1-2-6(4-9)8-3-5/h1-3,7,9H,4H2. The zero-order valence-corrected chi connectivity index (χ0v) is 4.83. The maximum atomic E-state index is 8.50. The molecule has 0 amide bonds. The van der Waals surface area contributed by atoms with Crippen LogP contribution < -0.4 is 5.73 Å². The van der Waals surface area contributed by atoms with E-state index in [1.54, 1.807) is 12.1 Å². The minimum Gasteiger partial charge on any atom is -0.390 e. The SMILES string of the molecule is [NH]c1ccc(CO)nc1. The van der Waals surface area contributed by atoms with Gasteiger partial charge in [0.1, 0.15) is 0 Å². The van der Waals surface area contributed by atoms with E-state index in [0.29, 0.717) is 11.4 Å². The number of aliphatic hydroxyl groups excluding tert-OH is 1. The van der Waals surface area contributed by atoms with Crippen LogP contribution in [-0.4, -0.2) is 10.1 Å². The Morgan fingerprint density at radius 1 is 1.56 bits per heavy atom. The van der Waals surface area contributed by atoms with Crippen LogP contribution in [0.3, 0.4) is 0 Å². The molecule has 0 fully saturated rings. The molecule has 1 aromatic heterocycles.